The second-order valence-corrected chi connectivity index (χ2v) is 6.43. The number of hydrogen-bond acceptors (Lipinski definition) is 3. The van der Waals surface area contributed by atoms with E-state index in [0.717, 1.165) is 34.4 Å². The molecule has 2 N–H and O–H groups in total. The van der Waals surface area contributed by atoms with E-state index in [4.69, 9.17) is 4.74 Å². The lowest BCUT2D eigenvalue weighted by Crippen LogP contribution is -2.32. The molecule has 0 bridgehead atoms. The molecular weight excluding hydrogens is 278 g/mol. The van der Waals surface area contributed by atoms with Crippen LogP contribution in [-0.2, 0) is 4.79 Å². The molecule has 0 aromatic heterocycles. The van der Waals surface area contributed by atoms with Gasteiger partial charge in [-0.2, -0.15) is 0 Å². The number of carbonyl (C=O) groups excluding carboxylic acids is 1. The lowest BCUT2D eigenvalue weighted by atomic mass is 9.87. The maximum Gasteiger partial charge on any atom is 0.220 e. The summed E-state index contributed by atoms with van der Waals surface area (Å²) in [4.78, 5) is 11.8. The van der Waals surface area contributed by atoms with Gasteiger partial charge in [0.2, 0.25) is 5.91 Å². The lowest BCUT2D eigenvalue weighted by molar-refractivity contribution is -0.121. The minimum atomic E-state index is -0.506. The average Bonchev–Trinajstić information content (AvgIpc) is 2.50. The molecule has 4 nitrogen and oxygen atoms in total. The van der Waals surface area contributed by atoms with Crippen molar-refractivity contribution in [3.05, 3.63) is 28.3 Å². The summed E-state index contributed by atoms with van der Waals surface area (Å²) in [6, 6.07) is 1.98. The van der Waals surface area contributed by atoms with Crippen molar-refractivity contribution in [1.82, 2.24) is 5.32 Å². The molecule has 2 rings (SSSR count). The Morgan fingerprint density at radius 3 is 2.68 bits per heavy atom. The summed E-state index contributed by atoms with van der Waals surface area (Å²) in [6.07, 6.45) is 0.728. The Bertz CT molecular complexity index is 566. The predicted octanol–water partition coefficient (Wildman–Crippen LogP) is 3.34. The molecule has 0 saturated heterocycles. The van der Waals surface area contributed by atoms with E-state index in [0.29, 0.717) is 13.0 Å². The zero-order chi connectivity index (χ0) is 16.4. The Hall–Kier alpha value is -1.55. The van der Waals surface area contributed by atoms with E-state index in [1.807, 2.05) is 40.7 Å². The molecule has 1 aromatic carbocycles. The summed E-state index contributed by atoms with van der Waals surface area (Å²) in [5, 5.41) is 13.6. The number of rotatable bonds is 4. The van der Waals surface area contributed by atoms with Crippen LogP contribution in [0.3, 0.4) is 0 Å². The van der Waals surface area contributed by atoms with Gasteiger partial charge in [-0.25, -0.2) is 0 Å². The number of ether oxygens (including phenoxy) is 1. The van der Waals surface area contributed by atoms with Crippen molar-refractivity contribution < 1.29 is 14.6 Å². The van der Waals surface area contributed by atoms with Crippen LogP contribution < -0.4 is 10.1 Å². The second kappa shape index (κ2) is 6.69. The zero-order valence-electron chi connectivity index (χ0n) is 14.2. The number of aliphatic hydroxyl groups is 1. The number of hydrogen-bond donors (Lipinski definition) is 2. The summed E-state index contributed by atoms with van der Waals surface area (Å²) >= 11 is 0. The van der Waals surface area contributed by atoms with Gasteiger partial charge in [0.05, 0.1) is 18.8 Å². The standard InChI is InChI=1S/C18H27NO3/c1-6-16(20)19-15-7-8-22-18-12(5)11(4)13(9-14(15)18)17(21)10(2)3/h9-10,15,17,21H,6-8H2,1-5H3,(H,19,20). The molecule has 0 spiro atoms. The molecule has 1 aromatic rings. The summed E-state index contributed by atoms with van der Waals surface area (Å²) < 4.78 is 5.84. The van der Waals surface area contributed by atoms with Crippen LogP contribution in [0.5, 0.6) is 5.75 Å². The zero-order valence-corrected chi connectivity index (χ0v) is 14.2. The Balaban J connectivity index is 2.48. The molecule has 0 fully saturated rings. The van der Waals surface area contributed by atoms with Crippen LogP contribution in [0.4, 0.5) is 0 Å². The molecule has 4 heteroatoms. The van der Waals surface area contributed by atoms with Gasteiger partial charge in [0.25, 0.3) is 0 Å². The van der Waals surface area contributed by atoms with Gasteiger partial charge in [-0.05, 0) is 42.5 Å². The molecule has 1 amide bonds. The fraction of sp³-hybridized carbons (Fsp3) is 0.611. The van der Waals surface area contributed by atoms with E-state index in [-0.39, 0.29) is 17.9 Å². The highest BCUT2D eigenvalue weighted by Crippen LogP contribution is 2.40. The Kier molecular flexibility index (Phi) is 5.12. The van der Waals surface area contributed by atoms with E-state index >= 15 is 0 Å². The van der Waals surface area contributed by atoms with Gasteiger partial charge in [0, 0.05) is 18.4 Å². The maximum absolute atomic E-state index is 11.8. The first kappa shape index (κ1) is 16.8. The van der Waals surface area contributed by atoms with Gasteiger partial charge >= 0.3 is 0 Å². The smallest absolute Gasteiger partial charge is 0.220 e. The summed E-state index contributed by atoms with van der Waals surface area (Å²) in [7, 11) is 0. The molecule has 22 heavy (non-hydrogen) atoms. The van der Waals surface area contributed by atoms with E-state index in [2.05, 4.69) is 5.32 Å². The molecule has 0 aliphatic carbocycles. The van der Waals surface area contributed by atoms with Gasteiger partial charge in [-0.15, -0.1) is 0 Å². The molecule has 2 atom stereocenters. The average molecular weight is 305 g/mol. The fourth-order valence-electron chi connectivity index (χ4n) is 2.94. The first-order chi connectivity index (χ1) is 10.4. The first-order valence-corrected chi connectivity index (χ1v) is 8.11. The molecule has 2 unspecified atom stereocenters. The van der Waals surface area contributed by atoms with Crippen molar-refractivity contribution in [3.8, 4) is 5.75 Å². The van der Waals surface area contributed by atoms with Gasteiger partial charge in [-0.3, -0.25) is 4.79 Å². The third-order valence-corrected chi connectivity index (χ3v) is 4.54. The first-order valence-electron chi connectivity index (χ1n) is 8.11. The van der Waals surface area contributed by atoms with E-state index in [1.54, 1.807) is 0 Å². The highest BCUT2D eigenvalue weighted by atomic mass is 16.5. The fourth-order valence-corrected chi connectivity index (χ4v) is 2.94. The van der Waals surface area contributed by atoms with Crippen molar-refractivity contribution in [1.29, 1.82) is 0 Å². The van der Waals surface area contributed by atoms with Gasteiger partial charge in [0.15, 0.2) is 0 Å². The topological polar surface area (TPSA) is 58.6 Å². The molecular formula is C18H27NO3. The predicted molar refractivity (Wildman–Crippen MR) is 87.0 cm³/mol. The summed E-state index contributed by atoms with van der Waals surface area (Å²) in [5.74, 6) is 1.05. The van der Waals surface area contributed by atoms with E-state index < -0.39 is 6.10 Å². The second-order valence-electron chi connectivity index (χ2n) is 6.43. The summed E-state index contributed by atoms with van der Waals surface area (Å²) in [5.41, 5.74) is 4.06. The van der Waals surface area contributed by atoms with Crippen molar-refractivity contribution in [3.63, 3.8) is 0 Å². The quantitative estimate of drug-likeness (QED) is 0.897. The van der Waals surface area contributed by atoms with Crippen molar-refractivity contribution >= 4 is 5.91 Å². The Labute approximate surface area is 132 Å². The minimum absolute atomic E-state index is 0.0337. The number of amides is 1. The van der Waals surface area contributed by atoms with Crippen molar-refractivity contribution in [2.75, 3.05) is 6.61 Å². The van der Waals surface area contributed by atoms with Crippen LogP contribution >= 0.6 is 0 Å². The largest absolute Gasteiger partial charge is 0.493 e. The van der Waals surface area contributed by atoms with Crippen LogP contribution in [0.25, 0.3) is 0 Å². The molecule has 0 radical (unpaired) electrons. The summed E-state index contributed by atoms with van der Waals surface area (Å²) in [6.45, 7) is 10.5. The Morgan fingerprint density at radius 2 is 2.09 bits per heavy atom. The third-order valence-electron chi connectivity index (χ3n) is 4.54. The van der Waals surface area contributed by atoms with E-state index in [9.17, 15) is 9.90 Å². The van der Waals surface area contributed by atoms with Crippen molar-refractivity contribution in [2.24, 2.45) is 5.92 Å². The van der Waals surface area contributed by atoms with E-state index in [1.165, 1.54) is 0 Å². The Morgan fingerprint density at radius 1 is 1.41 bits per heavy atom. The molecule has 1 heterocycles. The monoisotopic (exact) mass is 305 g/mol. The minimum Gasteiger partial charge on any atom is -0.493 e. The molecule has 1 aliphatic rings. The maximum atomic E-state index is 11.8. The molecule has 1 aliphatic heterocycles. The highest BCUT2D eigenvalue weighted by Gasteiger charge is 2.28. The SMILES string of the molecule is CCC(=O)NC1CCOc2c1cc(C(O)C(C)C)c(C)c2C. The molecule has 122 valence electrons. The van der Waals surface area contributed by atoms with Crippen LogP contribution in [-0.4, -0.2) is 17.6 Å². The van der Waals surface area contributed by atoms with Crippen LogP contribution in [0.2, 0.25) is 0 Å². The normalized spacial score (nSPS) is 18.6. The van der Waals surface area contributed by atoms with Gasteiger partial charge < -0.3 is 15.2 Å². The van der Waals surface area contributed by atoms with Gasteiger partial charge in [0.1, 0.15) is 5.75 Å². The molecule has 0 saturated carbocycles. The van der Waals surface area contributed by atoms with Crippen LogP contribution in [0.1, 0.15) is 68.0 Å². The highest BCUT2D eigenvalue weighted by molar-refractivity contribution is 5.76. The number of benzene rings is 1. The number of nitrogens with one attached hydrogen (secondary N) is 1. The third kappa shape index (κ3) is 3.12. The van der Waals surface area contributed by atoms with Crippen LogP contribution in [0, 0.1) is 19.8 Å². The van der Waals surface area contributed by atoms with Gasteiger partial charge in [-0.1, -0.05) is 20.8 Å². The number of fused-ring (bicyclic) bond motifs is 1. The number of carbonyl (C=O) groups is 1. The van der Waals surface area contributed by atoms with Crippen molar-refractivity contribution in [2.45, 2.75) is 59.6 Å². The lowest BCUT2D eigenvalue weighted by Gasteiger charge is -2.31. The van der Waals surface area contributed by atoms with Crippen LogP contribution in [0.15, 0.2) is 6.07 Å². The number of aliphatic hydroxyl groups excluding tert-OH is 1.